The van der Waals surface area contributed by atoms with Gasteiger partial charge in [0, 0.05) is 20.1 Å². The Kier molecular flexibility index (Phi) is 9.13. The lowest BCUT2D eigenvalue weighted by Gasteiger charge is -2.12. The SMILES string of the molecule is CN=C(NCc1ccc(S(=O)(=O)NC)cc1)NCc1ccc(C)c(F)c1.I. The standard InChI is InChI=1S/C18H23FN4O2S.HI/c1-13-4-5-15(10-17(13)19)12-23-18(20-2)22-11-14-6-8-16(9-7-14)26(24,25)21-3;/h4-10,21H,11-12H2,1-3H3,(H2,20,22,23);1H. The summed E-state index contributed by atoms with van der Waals surface area (Å²) in [6.07, 6.45) is 0. The van der Waals surface area contributed by atoms with E-state index in [9.17, 15) is 12.8 Å². The maximum atomic E-state index is 13.6. The van der Waals surface area contributed by atoms with Crippen LogP contribution in [0.2, 0.25) is 0 Å². The molecule has 2 aromatic rings. The second-order valence-corrected chi connectivity index (χ2v) is 7.60. The largest absolute Gasteiger partial charge is 0.352 e. The molecule has 0 aromatic heterocycles. The van der Waals surface area contributed by atoms with Gasteiger partial charge in [0.25, 0.3) is 0 Å². The summed E-state index contributed by atoms with van der Waals surface area (Å²) in [5, 5.41) is 6.25. The lowest BCUT2D eigenvalue weighted by molar-refractivity contribution is 0.588. The number of sulfonamides is 1. The summed E-state index contributed by atoms with van der Waals surface area (Å²) in [7, 11) is -0.412. The second-order valence-electron chi connectivity index (χ2n) is 5.71. The molecule has 0 saturated carbocycles. The summed E-state index contributed by atoms with van der Waals surface area (Å²) >= 11 is 0. The molecule has 0 fully saturated rings. The average Bonchev–Trinajstić information content (AvgIpc) is 2.65. The van der Waals surface area contributed by atoms with Gasteiger partial charge in [-0.2, -0.15) is 0 Å². The average molecular weight is 506 g/mol. The molecule has 0 radical (unpaired) electrons. The number of aliphatic imine (C=N–C) groups is 1. The lowest BCUT2D eigenvalue weighted by atomic mass is 10.1. The van der Waals surface area contributed by atoms with Crippen LogP contribution < -0.4 is 15.4 Å². The molecule has 2 aromatic carbocycles. The van der Waals surface area contributed by atoms with Crippen molar-refractivity contribution in [1.82, 2.24) is 15.4 Å². The van der Waals surface area contributed by atoms with Crippen LogP contribution in [0.1, 0.15) is 16.7 Å². The van der Waals surface area contributed by atoms with Crippen LogP contribution in [0.15, 0.2) is 52.4 Å². The summed E-state index contributed by atoms with van der Waals surface area (Å²) in [4.78, 5) is 4.34. The number of hydrogen-bond acceptors (Lipinski definition) is 3. The zero-order valence-corrected chi connectivity index (χ0v) is 18.6. The van der Waals surface area contributed by atoms with Crippen LogP contribution in [0, 0.1) is 12.7 Å². The van der Waals surface area contributed by atoms with Crippen LogP contribution in [-0.2, 0) is 23.1 Å². The molecule has 3 N–H and O–H groups in total. The third-order valence-electron chi connectivity index (χ3n) is 3.88. The Bertz CT molecular complexity index is 887. The molecule has 6 nitrogen and oxygen atoms in total. The van der Waals surface area contributed by atoms with Gasteiger partial charge in [-0.25, -0.2) is 17.5 Å². The Morgan fingerprint density at radius 1 is 1.04 bits per heavy atom. The van der Waals surface area contributed by atoms with Gasteiger partial charge < -0.3 is 10.6 Å². The highest BCUT2D eigenvalue weighted by Gasteiger charge is 2.10. The third kappa shape index (κ3) is 6.74. The summed E-state index contributed by atoms with van der Waals surface area (Å²) in [6, 6.07) is 11.7. The molecule has 2 rings (SSSR count). The van der Waals surface area contributed by atoms with Crippen LogP contribution in [0.3, 0.4) is 0 Å². The van der Waals surface area contributed by atoms with Gasteiger partial charge in [0.15, 0.2) is 5.96 Å². The molecule has 0 aliphatic carbocycles. The van der Waals surface area contributed by atoms with Crippen molar-refractivity contribution in [2.24, 2.45) is 4.99 Å². The molecule has 0 aliphatic rings. The maximum Gasteiger partial charge on any atom is 0.240 e. The lowest BCUT2D eigenvalue weighted by Crippen LogP contribution is -2.36. The van der Waals surface area contributed by atoms with Crippen molar-refractivity contribution in [1.29, 1.82) is 0 Å². The zero-order valence-electron chi connectivity index (χ0n) is 15.4. The van der Waals surface area contributed by atoms with Gasteiger partial charge in [-0.1, -0.05) is 24.3 Å². The van der Waals surface area contributed by atoms with E-state index < -0.39 is 10.0 Å². The van der Waals surface area contributed by atoms with Crippen LogP contribution in [0.4, 0.5) is 4.39 Å². The van der Waals surface area contributed by atoms with E-state index in [-0.39, 0.29) is 34.7 Å². The van der Waals surface area contributed by atoms with Gasteiger partial charge in [0.1, 0.15) is 5.82 Å². The molecule has 0 amide bonds. The van der Waals surface area contributed by atoms with E-state index in [1.807, 2.05) is 6.07 Å². The molecule has 0 bridgehead atoms. The van der Waals surface area contributed by atoms with Crippen molar-refractivity contribution < 1.29 is 12.8 Å². The first kappa shape index (κ1) is 23.3. The van der Waals surface area contributed by atoms with Crippen LogP contribution in [0.5, 0.6) is 0 Å². The van der Waals surface area contributed by atoms with Gasteiger partial charge in [-0.3, -0.25) is 4.99 Å². The molecule has 9 heteroatoms. The molecular weight excluding hydrogens is 482 g/mol. The van der Waals surface area contributed by atoms with E-state index in [4.69, 9.17) is 0 Å². The Balaban J connectivity index is 0.00000364. The maximum absolute atomic E-state index is 13.6. The minimum atomic E-state index is -3.43. The summed E-state index contributed by atoms with van der Waals surface area (Å²) < 4.78 is 39.3. The fraction of sp³-hybridized carbons (Fsp3) is 0.278. The number of guanidine groups is 1. The Hall–Kier alpha value is -1.72. The van der Waals surface area contributed by atoms with Gasteiger partial charge in [-0.15, -0.1) is 24.0 Å². The Morgan fingerprint density at radius 2 is 1.59 bits per heavy atom. The Morgan fingerprint density at radius 3 is 2.11 bits per heavy atom. The number of nitrogens with zero attached hydrogens (tertiary/aromatic N) is 1. The molecule has 148 valence electrons. The fourth-order valence-corrected chi connectivity index (χ4v) is 2.97. The fourth-order valence-electron chi connectivity index (χ4n) is 2.24. The van der Waals surface area contributed by atoms with E-state index in [0.29, 0.717) is 24.6 Å². The van der Waals surface area contributed by atoms with Gasteiger partial charge in [0.2, 0.25) is 10.0 Å². The molecule has 0 saturated heterocycles. The highest BCUT2D eigenvalue weighted by molar-refractivity contribution is 14.0. The smallest absolute Gasteiger partial charge is 0.240 e. The van der Waals surface area contributed by atoms with Crippen molar-refractivity contribution in [2.45, 2.75) is 24.9 Å². The molecule has 0 atom stereocenters. The van der Waals surface area contributed by atoms with Crippen molar-refractivity contribution in [2.75, 3.05) is 14.1 Å². The number of nitrogens with one attached hydrogen (secondary N) is 3. The molecule has 0 spiro atoms. The number of rotatable bonds is 6. The normalized spacial score (nSPS) is 11.6. The number of halogens is 2. The van der Waals surface area contributed by atoms with Gasteiger partial charge in [-0.05, 0) is 48.9 Å². The first-order chi connectivity index (χ1) is 12.4. The molecule has 0 heterocycles. The summed E-state index contributed by atoms with van der Waals surface area (Å²) in [5.41, 5.74) is 2.34. The first-order valence-corrected chi connectivity index (χ1v) is 9.56. The molecule has 27 heavy (non-hydrogen) atoms. The molecule has 0 aliphatic heterocycles. The predicted octanol–water partition coefficient (Wildman–Crippen LogP) is 2.53. The Labute approximate surface area is 176 Å². The van der Waals surface area contributed by atoms with Crippen LogP contribution >= 0.6 is 24.0 Å². The van der Waals surface area contributed by atoms with E-state index in [1.54, 1.807) is 44.3 Å². The molecular formula is C18H24FIN4O2S. The second kappa shape index (κ2) is 10.6. The van der Waals surface area contributed by atoms with Crippen molar-refractivity contribution in [3.63, 3.8) is 0 Å². The summed E-state index contributed by atoms with van der Waals surface area (Å²) in [6.45, 7) is 2.64. The van der Waals surface area contributed by atoms with Crippen molar-refractivity contribution in [3.05, 3.63) is 65.0 Å². The van der Waals surface area contributed by atoms with Crippen molar-refractivity contribution >= 4 is 40.0 Å². The topological polar surface area (TPSA) is 82.6 Å². The van der Waals surface area contributed by atoms with E-state index in [2.05, 4.69) is 20.3 Å². The predicted molar refractivity (Wildman–Crippen MR) is 116 cm³/mol. The van der Waals surface area contributed by atoms with E-state index >= 15 is 0 Å². The minimum Gasteiger partial charge on any atom is -0.352 e. The van der Waals surface area contributed by atoms with Gasteiger partial charge in [0.05, 0.1) is 4.90 Å². The van der Waals surface area contributed by atoms with Crippen LogP contribution in [-0.4, -0.2) is 28.5 Å². The quantitative estimate of drug-likeness (QED) is 0.320. The number of aryl methyl sites for hydroxylation is 1. The summed E-state index contributed by atoms with van der Waals surface area (Å²) in [5.74, 6) is 0.335. The van der Waals surface area contributed by atoms with E-state index in [0.717, 1.165) is 11.1 Å². The highest BCUT2D eigenvalue weighted by Crippen LogP contribution is 2.10. The zero-order chi connectivity index (χ0) is 19.2. The third-order valence-corrected chi connectivity index (χ3v) is 5.31. The first-order valence-electron chi connectivity index (χ1n) is 8.07. The molecule has 0 unspecified atom stereocenters. The van der Waals surface area contributed by atoms with Crippen LogP contribution in [0.25, 0.3) is 0 Å². The number of hydrogen-bond donors (Lipinski definition) is 3. The van der Waals surface area contributed by atoms with Crippen molar-refractivity contribution in [3.8, 4) is 0 Å². The van der Waals surface area contributed by atoms with Gasteiger partial charge >= 0.3 is 0 Å². The number of benzene rings is 2. The minimum absolute atomic E-state index is 0. The van der Waals surface area contributed by atoms with E-state index in [1.165, 1.54) is 13.1 Å². The highest BCUT2D eigenvalue weighted by atomic mass is 127. The monoisotopic (exact) mass is 506 g/mol.